The zero-order valence-electron chi connectivity index (χ0n) is 12.0. The molecule has 0 aromatic carbocycles. The number of amides is 2. The van der Waals surface area contributed by atoms with Gasteiger partial charge in [0.05, 0.1) is 6.42 Å². The number of nitrogens with one attached hydrogen (secondary N) is 1. The van der Waals surface area contributed by atoms with Gasteiger partial charge in [-0.25, -0.2) is 4.79 Å². The van der Waals surface area contributed by atoms with Gasteiger partial charge in [0, 0.05) is 5.48 Å². The van der Waals surface area contributed by atoms with Crippen LogP contribution in [0.3, 0.4) is 0 Å². The summed E-state index contributed by atoms with van der Waals surface area (Å²) in [7, 11) is 0. The second-order valence-electron chi connectivity index (χ2n) is 3.53. The summed E-state index contributed by atoms with van der Waals surface area (Å²) in [5.41, 5.74) is -4.91. The Hall–Kier alpha value is -1.43. The van der Waals surface area contributed by atoms with Crippen LogP contribution in [-0.2, 0) is 19.1 Å². The van der Waals surface area contributed by atoms with Crippen molar-refractivity contribution in [1.29, 1.82) is 0 Å². The van der Waals surface area contributed by atoms with Gasteiger partial charge in [-0.05, 0) is 20.7 Å². The van der Waals surface area contributed by atoms with E-state index in [1.54, 1.807) is 5.32 Å². The molecule has 6 nitrogen and oxygen atoms in total. The highest BCUT2D eigenvalue weighted by atomic mass is 16.6. The second-order valence-corrected chi connectivity index (χ2v) is 3.53. The highest BCUT2D eigenvalue weighted by Crippen LogP contribution is 2.21. The SMILES string of the molecule is [3H]CC(C)(OC(=O)C1(O)CC(=O)NC1=O)C([3H])([3H])[3H]. The lowest BCUT2D eigenvalue weighted by Crippen LogP contribution is -2.48. The van der Waals surface area contributed by atoms with Crippen molar-refractivity contribution in [2.24, 2.45) is 0 Å². The van der Waals surface area contributed by atoms with Crippen LogP contribution in [0.5, 0.6) is 0 Å². The number of carbonyl (C=O) groups is 3. The highest BCUT2D eigenvalue weighted by Gasteiger charge is 2.53. The van der Waals surface area contributed by atoms with Crippen LogP contribution < -0.4 is 5.32 Å². The average Bonchev–Trinajstić information content (AvgIpc) is 2.52. The van der Waals surface area contributed by atoms with Crippen molar-refractivity contribution in [2.45, 2.75) is 38.3 Å². The maximum atomic E-state index is 11.7. The van der Waals surface area contributed by atoms with Gasteiger partial charge in [0.2, 0.25) is 11.5 Å². The molecule has 0 aromatic rings. The lowest BCUT2D eigenvalue weighted by molar-refractivity contribution is -0.178. The summed E-state index contributed by atoms with van der Waals surface area (Å²) in [6, 6.07) is 0. The van der Waals surface area contributed by atoms with Crippen molar-refractivity contribution < 1.29 is 29.7 Å². The Morgan fingerprint density at radius 2 is 2.40 bits per heavy atom. The Balaban J connectivity index is 2.97. The fourth-order valence-corrected chi connectivity index (χ4v) is 1.04. The van der Waals surface area contributed by atoms with E-state index in [0.29, 0.717) is 0 Å². The molecule has 1 rings (SSSR count). The number of esters is 1. The van der Waals surface area contributed by atoms with E-state index in [1.165, 1.54) is 0 Å². The minimum atomic E-state index is -2.81. The molecule has 1 aliphatic heterocycles. The van der Waals surface area contributed by atoms with Crippen LogP contribution in [0.1, 0.15) is 32.6 Å². The fraction of sp³-hybridized carbons (Fsp3) is 0.667. The maximum absolute atomic E-state index is 11.7. The normalized spacial score (nSPS) is 34.3. The molecule has 0 aliphatic carbocycles. The molecule has 2 unspecified atom stereocenters. The first-order valence-electron chi connectivity index (χ1n) is 6.26. The minimum Gasteiger partial charge on any atom is -0.457 e. The molecule has 6 heteroatoms. The van der Waals surface area contributed by atoms with Crippen LogP contribution in [0.2, 0.25) is 0 Å². The summed E-state index contributed by atoms with van der Waals surface area (Å²) in [6.45, 7) is -2.61. The highest BCUT2D eigenvalue weighted by molar-refractivity contribution is 6.18. The predicted molar refractivity (Wildman–Crippen MR) is 48.6 cm³/mol. The van der Waals surface area contributed by atoms with Gasteiger partial charge in [0.1, 0.15) is 5.60 Å². The van der Waals surface area contributed by atoms with Crippen LogP contribution in [0.25, 0.3) is 0 Å². The van der Waals surface area contributed by atoms with E-state index in [4.69, 9.17) is 5.48 Å². The maximum Gasteiger partial charge on any atom is 0.349 e. The van der Waals surface area contributed by atoms with E-state index in [-0.39, 0.29) is 0 Å². The fourth-order valence-electron chi connectivity index (χ4n) is 1.04. The smallest absolute Gasteiger partial charge is 0.349 e. The number of hydrogen-bond donors (Lipinski definition) is 2. The Kier molecular flexibility index (Phi) is 1.53. The monoisotopic (exact) mass is 223 g/mol. The van der Waals surface area contributed by atoms with Crippen molar-refractivity contribution >= 4 is 17.8 Å². The molecule has 1 fully saturated rings. The third kappa shape index (κ3) is 2.33. The van der Waals surface area contributed by atoms with E-state index in [0.717, 1.165) is 6.92 Å². The van der Waals surface area contributed by atoms with Gasteiger partial charge in [0.15, 0.2) is 0 Å². The van der Waals surface area contributed by atoms with Crippen molar-refractivity contribution in [3.63, 3.8) is 0 Å². The summed E-state index contributed by atoms with van der Waals surface area (Å²) < 4.78 is 33.3. The van der Waals surface area contributed by atoms with Gasteiger partial charge in [-0.3, -0.25) is 14.9 Å². The van der Waals surface area contributed by atoms with E-state index >= 15 is 0 Å². The largest absolute Gasteiger partial charge is 0.457 e. The second kappa shape index (κ2) is 3.30. The van der Waals surface area contributed by atoms with Crippen molar-refractivity contribution in [3.8, 4) is 0 Å². The van der Waals surface area contributed by atoms with Crippen molar-refractivity contribution in [1.82, 2.24) is 5.32 Å². The molecule has 2 atom stereocenters. The molecule has 0 bridgehead atoms. The average molecular weight is 223 g/mol. The first-order valence-corrected chi connectivity index (χ1v) is 4.05. The topological polar surface area (TPSA) is 92.7 Å². The molecule has 1 heterocycles. The first-order chi connectivity index (χ1) is 8.46. The van der Waals surface area contributed by atoms with E-state index in [2.05, 4.69) is 4.74 Å². The summed E-state index contributed by atoms with van der Waals surface area (Å²) in [6.07, 6.45) is -0.834. The van der Waals surface area contributed by atoms with Gasteiger partial charge >= 0.3 is 5.97 Å². The van der Waals surface area contributed by atoms with Crippen LogP contribution in [-0.4, -0.2) is 34.1 Å². The Morgan fingerprint density at radius 1 is 1.73 bits per heavy atom. The molecule has 0 spiro atoms. The first kappa shape index (κ1) is 6.95. The Bertz CT molecular complexity index is 437. The predicted octanol–water partition coefficient (Wildman–Crippen LogP) is -0.894. The molecule has 2 amide bonds. The molecule has 1 saturated heterocycles. The Labute approximate surface area is 92.2 Å². The van der Waals surface area contributed by atoms with Gasteiger partial charge in [0.25, 0.3) is 5.91 Å². The molecule has 0 aromatic heterocycles. The van der Waals surface area contributed by atoms with Gasteiger partial charge in [-0.2, -0.15) is 0 Å². The van der Waals surface area contributed by atoms with Crippen LogP contribution >= 0.6 is 0 Å². The number of rotatable bonds is 1. The number of ether oxygens (including phenoxy) is 1. The quantitative estimate of drug-likeness (QED) is 0.341. The third-order valence-electron chi connectivity index (χ3n) is 1.70. The van der Waals surface area contributed by atoms with E-state index < -0.39 is 49.2 Å². The summed E-state index contributed by atoms with van der Waals surface area (Å²) in [4.78, 5) is 34.0. The van der Waals surface area contributed by atoms with Crippen molar-refractivity contribution in [2.75, 3.05) is 0 Å². The number of imide groups is 1. The van der Waals surface area contributed by atoms with Crippen LogP contribution in [0.4, 0.5) is 0 Å². The molecule has 15 heavy (non-hydrogen) atoms. The minimum absolute atomic E-state index is 0.791. The molecule has 2 N–H and O–H groups in total. The molecule has 0 radical (unpaired) electrons. The molecular formula is C9H13NO5. The number of aliphatic hydroxyl groups is 1. The molecule has 1 aliphatic rings. The van der Waals surface area contributed by atoms with E-state index in [9.17, 15) is 19.5 Å². The lowest BCUT2D eigenvalue weighted by atomic mass is 10.0. The molecular weight excluding hydrogens is 202 g/mol. The molecule has 84 valence electrons. The number of hydrogen-bond acceptors (Lipinski definition) is 5. The number of carbonyl (C=O) groups excluding carboxylic acids is 3. The van der Waals surface area contributed by atoms with Gasteiger partial charge in [-0.15, -0.1) is 0 Å². The zero-order valence-corrected chi connectivity index (χ0v) is 7.99. The molecule has 0 saturated carbocycles. The summed E-state index contributed by atoms with van der Waals surface area (Å²) in [5.74, 6) is -3.69. The third-order valence-corrected chi connectivity index (χ3v) is 1.70. The van der Waals surface area contributed by atoms with Crippen molar-refractivity contribution in [3.05, 3.63) is 0 Å². The summed E-state index contributed by atoms with van der Waals surface area (Å²) in [5, 5.41) is 11.5. The standard InChI is InChI=1S/C9H13NO5/c1-8(2,3)15-7(13)9(14)4-5(11)10-6(9)12/h14H,4H2,1-3H3,(H,10,11,12)/i1T,2T3. The zero-order chi connectivity index (χ0) is 15.1. The lowest BCUT2D eigenvalue weighted by Gasteiger charge is -2.24. The van der Waals surface area contributed by atoms with Gasteiger partial charge < -0.3 is 9.84 Å². The Morgan fingerprint density at radius 3 is 2.80 bits per heavy atom. The van der Waals surface area contributed by atoms with Crippen LogP contribution in [0, 0.1) is 0 Å². The van der Waals surface area contributed by atoms with Gasteiger partial charge in [-0.1, -0.05) is 0 Å². The van der Waals surface area contributed by atoms with Crippen LogP contribution in [0.15, 0.2) is 0 Å². The summed E-state index contributed by atoms with van der Waals surface area (Å²) >= 11 is 0. The van der Waals surface area contributed by atoms with E-state index in [1.807, 2.05) is 0 Å².